The van der Waals surface area contributed by atoms with Gasteiger partial charge < -0.3 is 14.7 Å². The van der Waals surface area contributed by atoms with E-state index in [1.807, 2.05) is 18.2 Å². The van der Waals surface area contributed by atoms with Gasteiger partial charge in [0, 0.05) is 58.0 Å². The molecule has 6 nitrogen and oxygen atoms in total. The average molecular weight is 515 g/mol. The first kappa shape index (κ1) is 25.6. The number of rotatable bonds is 5. The molecule has 0 radical (unpaired) electrons. The zero-order valence-electron chi connectivity index (χ0n) is 20.9. The lowest BCUT2D eigenvalue weighted by atomic mass is 9.70. The van der Waals surface area contributed by atoms with E-state index >= 15 is 0 Å². The molecule has 2 amide bonds. The number of amides is 2. The average Bonchev–Trinajstić information content (AvgIpc) is 2.88. The second-order valence-electron chi connectivity index (χ2n) is 10.3. The minimum absolute atomic E-state index is 0.0159. The highest BCUT2D eigenvalue weighted by Gasteiger charge is 2.47. The number of para-hydroxylation sites is 1. The summed E-state index contributed by atoms with van der Waals surface area (Å²) in [5, 5.41) is 0. The van der Waals surface area contributed by atoms with Gasteiger partial charge in [0.15, 0.2) is 0 Å². The number of piperazine rings is 1. The van der Waals surface area contributed by atoms with E-state index in [9.17, 15) is 22.8 Å². The van der Waals surface area contributed by atoms with E-state index in [4.69, 9.17) is 0 Å². The van der Waals surface area contributed by atoms with E-state index in [1.165, 1.54) is 11.8 Å². The van der Waals surface area contributed by atoms with Crippen LogP contribution in [0.2, 0.25) is 0 Å². The van der Waals surface area contributed by atoms with Crippen molar-refractivity contribution in [3.05, 3.63) is 65.7 Å². The maximum absolute atomic E-state index is 13.5. The maximum Gasteiger partial charge on any atom is 0.416 e. The number of carbonyl (C=O) groups is 2. The van der Waals surface area contributed by atoms with Gasteiger partial charge in [-0.2, -0.15) is 13.2 Å². The monoisotopic (exact) mass is 514 g/mol. The van der Waals surface area contributed by atoms with Crippen molar-refractivity contribution < 1.29 is 22.8 Å². The van der Waals surface area contributed by atoms with E-state index < -0.39 is 17.2 Å². The third-order valence-electron chi connectivity index (χ3n) is 8.12. The van der Waals surface area contributed by atoms with Gasteiger partial charge in [0.05, 0.1) is 17.5 Å². The molecule has 3 aliphatic rings. The minimum atomic E-state index is -4.47. The van der Waals surface area contributed by atoms with Crippen molar-refractivity contribution in [3.8, 4) is 0 Å². The number of piperidine rings is 1. The van der Waals surface area contributed by atoms with Crippen LogP contribution in [0.1, 0.15) is 30.4 Å². The third-order valence-corrected chi connectivity index (χ3v) is 8.12. The third kappa shape index (κ3) is 5.32. The van der Waals surface area contributed by atoms with Gasteiger partial charge in [-0.05, 0) is 43.0 Å². The summed E-state index contributed by atoms with van der Waals surface area (Å²) < 4.78 is 40.4. The largest absolute Gasteiger partial charge is 0.416 e. The number of halogens is 3. The Hall–Kier alpha value is -3.07. The fourth-order valence-corrected chi connectivity index (χ4v) is 5.67. The predicted octanol–water partition coefficient (Wildman–Crippen LogP) is 3.62. The SMILES string of the molecule is O=C(CN1CCN(c2ccccc2)CC1)N1CCC(C(=O)N2CCC2)(c2cccc(C(F)(F)F)c2)CC1. The molecule has 0 spiro atoms. The van der Waals surface area contributed by atoms with Crippen LogP contribution in [0.4, 0.5) is 18.9 Å². The topological polar surface area (TPSA) is 47.1 Å². The first-order valence-electron chi connectivity index (χ1n) is 13.0. The molecule has 3 saturated heterocycles. The molecule has 3 heterocycles. The zero-order valence-corrected chi connectivity index (χ0v) is 20.9. The van der Waals surface area contributed by atoms with Crippen LogP contribution in [0.25, 0.3) is 0 Å². The van der Waals surface area contributed by atoms with Gasteiger partial charge >= 0.3 is 6.18 Å². The van der Waals surface area contributed by atoms with Crippen molar-refractivity contribution in [1.29, 1.82) is 0 Å². The number of alkyl halides is 3. The van der Waals surface area contributed by atoms with Gasteiger partial charge in [-0.25, -0.2) is 0 Å². The highest BCUT2D eigenvalue weighted by atomic mass is 19.4. The lowest BCUT2D eigenvalue weighted by Crippen LogP contribution is -2.58. The molecular weight excluding hydrogens is 481 g/mol. The maximum atomic E-state index is 13.5. The molecule has 37 heavy (non-hydrogen) atoms. The van der Waals surface area contributed by atoms with Crippen molar-refractivity contribution in [2.45, 2.75) is 30.9 Å². The van der Waals surface area contributed by atoms with E-state index in [1.54, 1.807) is 15.9 Å². The smallest absolute Gasteiger partial charge is 0.369 e. The molecule has 2 aromatic rings. The van der Waals surface area contributed by atoms with Crippen LogP contribution < -0.4 is 4.90 Å². The molecule has 0 aliphatic carbocycles. The van der Waals surface area contributed by atoms with Crippen LogP contribution in [0.5, 0.6) is 0 Å². The fraction of sp³-hybridized carbons (Fsp3) is 0.500. The number of nitrogens with zero attached hydrogens (tertiary/aromatic N) is 4. The van der Waals surface area contributed by atoms with Crippen LogP contribution in [0.15, 0.2) is 54.6 Å². The van der Waals surface area contributed by atoms with Crippen LogP contribution in [0.3, 0.4) is 0 Å². The van der Waals surface area contributed by atoms with Gasteiger partial charge in [-0.15, -0.1) is 0 Å². The summed E-state index contributed by atoms with van der Waals surface area (Å²) in [4.78, 5) is 34.7. The Morgan fingerprint density at radius 2 is 1.46 bits per heavy atom. The second kappa shape index (κ2) is 10.4. The molecular formula is C28H33F3N4O2. The Kier molecular flexibility index (Phi) is 7.16. The molecule has 9 heteroatoms. The normalized spacial score (nSPS) is 20.5. The Morgan fingerprint density at radius 3 is 2.05 bits per heavy atom. The van der Waals surface area contributed by atoms with E-state index in [0.717, 1.165) is 44.7 Å². The van der Waals surface area contributed by atoms with E-state index in [2.05, 4.69) is 21.9 Å². The number of carbonyl (C=O) groups excluding carboxylic acids is 2. The molecule has 0 unspecified atom stereocenters. The summed E-state index contributed by atoms with van der Waals surface area (Å²) in [6, 6.07) is 15.4. The number of hydrogen-bond donors (Lipinski definition) is 0. The first-order chi connectivity index (χ1) is 17.8. The molecule has 0 aromatic heterocycles. The second-order valence-corrected chi connectivity index (χ2v) is 10.3. The molecule has 2 aromatic carbocycles. The van der Waals surface area contributed by atoms with Crippen LogP contribution in [-0.2, 0) is 21.2 Å². The van der Waals surface area contributed by atoms with Crippen molar-refractivity contribution in [2.75, 3.05) is 63.8 Å². The van der Waals surface area contributed by atoms with Crippen LogP contribution in [0, 0.1) is 0 Å². The number of anilines is 1. The Balaban J connectivity index is 1.23. The molecule has 0 N–H and O–H groups in total. The molecule has 0 atom stereocenters. The number of benzene rings is 2. The van der Waals surface area contributed by atoms with Crippen molar-refractivity contribution in [3.63, 3.8) is 0 Å². The molecule has 198 valence electrons. The Bertz CT molecular complexity index is 1100. The first-order valence-corrected chi connectivity index (χ1v) is 13.0. The molecule has 0 bridgehead atoms. The standard InChI is InChI=1S/C28H33F3N4O2/c29-28(30,31)23-7-4-6-22(20-23)27(26(37)35-12-5-13-35)10-14-34(15-11-27)25(36)21-32-16-18-33(19-17-32)24-8-2-1-3-9-24/h1-4,6-9,20H,5,10-19,21H2. The molecule has 3 aliphatic heterocycles. The van der Waals surface area contributed by atoms with Gasteiger partial charge in [-0.3, -0.25) is 14.5 Å². The predicted molar refractivity (Wildman–Crippen MR) is 135 cm³/mol. The van der Waals surface area contributed by atoms with Crippen molar-refractivity contribution in [1.82, 2.24) is 14.7 Å². The van der Waals surface area contributed by atoms with Gasteiger partial charge in [0.2, 0.25) is 11.8 Å². The zero-order chi connectivity index (χ0) is 26.0. The lowest BCUT2D eigenvalue weighted by molar-refractivity contribution is -0.146. The highest BCUT2D eigenvalue weighted by molar-refractivity contribution is 5.89. The summed E-state index contributed by atoms with van der Waals surface area (Å²) in [5.41, 5.74) is -0.181. The number of likely N-dealkylation sites (tertiary alicyclic amines) is 2. The fourth-order valence-electron chi connectivity index (χ4n) is 5.67. The Labute approximate surface area is 215 Å². The van der Waals surface area contributed by atoms with Crippen molar-refractivity contribution >= 4 is 17.5 Å². The quantitative estimate of drug-likeness (QED) is 0.612. The van der Waals surface area contributed by atoms with E-state index in [-0.39, 0.29) is 11.8 Å². The highest BCUT2D eigenvalue weighted by Crippen LogP contribution is 2.41. The van der Waals surface area contributed by atoms with Crippen LogP contribution >= 0.6 is 0 Å². The minimum Gasteiger partial charge on any atom is -0.369 e. The summed E-state index contributed by atoms with van der Waals surface area (Å²) in [6.07, 6.45) is -2.90. The summed E-state index contributed by atoms with van der Waals surface area (Å²) in [6.45, 7) is 5.58. The molecule has 5 rings (SSSR count). The summed E-state index contributed by atoms with van der Waals surface area (Å²) in [5.74, 6) is -0.0931. The molecule has 0 saturated carbocycles. The summed E-state index contributed by atoms with van der Waals surface area (Å²) >= 11 is 0. The van der Waals surface area contributed by atoms with Crippen molar-refractivity contribution in [2.24, 2.45) is 0 Å². The number of hydrogen-bond acceptors (Lipinski definition) is 4. The van der Waals surface area contributed by atoms with Gasteiger partial charge in [-0.1, -0.05) is 36.4 Å². The van der Waals surface area contributed by atoms with Gasteiger partial charge in [0.25, 0.3) is 0 Å². The Morgan fingerprint density at radius 1 is 0.784 bits per heavy atom. The van der Waals surface area contributed by atoms with E-state index in [0.29, 0.717) is 51.1 Å². The summed E-state index contributed by atoms with van der Waals surface area (Å²) in [7, 11) is 0. The van der Waals surface area contributed by atoms with Gasteiger partial charge in [0.1, 0.15) is 0 Å². The molecule has 3 fully saturated rings. The lowest BCUT2D eigenvalue weighted by Gasteiger charge is -2.46. The van der Waals surface area contributed by atoms with Crippen LogP contribution in [-0.4, -0.2) is 85.4 Å².